The number of nitrogens with zero attached hydrogens (tertiary/aromatic N) is 1. The Morgan fingerprint density at radius 3 is 2.53 bits per heavy atom. The van der Waals surface area contributed by atoms with Gasteiger partial charge in [-0.3, -0.25) is 9.78 Å². The van der Waals surface area contributed by atoms with Crippen LogP contribution in [0.4, 0.5) is 5.69 Å². The van der Waals surface area contributed by atoms with Gasteiger partial charge < -0.3 is 10.4 Å². The fourth-order valence-corrected chi connectivity index (χ4v) is 2.06. The predicted octanol–water partition coefficient (Wildman–Crippen LogP) is 2.72. The van der Waals surface area contributed by atoms with Gasteiger partial charge in [-0.25, -0.2) is 0 Å². The Balaban J connectivity index is 2.22. The Kier molecular flexibility index (Phi) is 3.10. The van der Waals surface area contributed by atoms with Gasteiger partial charge in [-0.05, 0) is 37.1 Å². The minimum absolute atomic E-state index is 0.183. The molecule has 1 amide bonds. The van der Waals surface area contributed by atoms with E-state index in [2.05, 4.69) is 10.3 Å². The molecule has 0 saturated carbocycles. The van der Waals surface area contributed by atoms with Crippen LogP contribution in [0.25, 0.3) is 0 Å². The molecule has 4 nitrogen and oxygen atoms in total. The smallest absolute Gasteiger partial charge is 0.267 e. The number of benzene rings is 1. The van der Waals surface area contributed by atoms with Gasteiger partial charge in [0, 0.05) is 5.69 Å². The molecule has 0 saturated heterocycles. The molecule has 2 N–H and O–H groups in total. The molecule has 5 heteroatoms. The van der Waals surface area contributed by atoms with Crippen LogP contribution in [0.15, 0.2) is 23.8 Å². The van der Waals surface area contributed by atoms with Crippen molar-refractivity contribution < 1.29 is 9.90 Å². The zero-order chi connectivity index (χ0) is 12.4. The Labute approximate surface area is 103 Å². The first kappa shape index (κ1) is 11.6. The van der Waals surface area contributed by atoms with Crippen LogP contribution >= 0.6 is 11.3 Å². The van der Waals surface area contributed by atoms with Crippen molar-refractivity contribution in [3.8, 4) is 5.75 Å². The number of thiazole rings is 1. The molecular weight excluding hydrogens is 236 g/mol. The zero-order valence-corrected chi connectivity index (χ0v) is 10.3. The SMILES string of the molecule is Cc1cc(NC(=O)c2cncs2)cc(C)c1O. The van der Waals surface area contributed by atoms with Crippen molar-refractivity contribution in [1.82, 2.24) is 4.98 Å². The lowest BCUT2D eigenvalue weighted by molar-refractivity contribution is 0.103. The Morgan fingerprint density at radius 1 is 1.35 bits per heavy atom. The van der Waals surface area contributed by atoms with Crippen LogP contribution in [0.1, 0.15) is 20.8 Å². The number of aromatic nitrogens is 1. The fraction of sp³-hybridized carbons (Fsp3) is 0.167. The van der Waals surface area contributed by atoms with E-state index in [-0.39, 0.29) is 11.7 Å². The summed E-state index contributed by atoms with van der Waals surface area (Å²) < 4.78 is 0. The van der Waals surface area contributed by atoms with E-state index in [0.29, 0.717) is 10.6 Å². The van der Waals surface area contributed by atoms with Crippen molar-refractivity contribution in [2.75, 3.05) is 5.32 Å². The minimum atomic E-state index is -0.183. The van der Waals surface area contributed by atoms with Gasteiger partial charge >= 0.3 is 0 Å². The molecule has 0 aliphatic rings. The van der Waals surface area contributed by atoms with Gasteiger partial charge in [-0.2, -0.15) is 0 Å². The maximum atomic E-state index is 11.8. The number of phenols is 1. The molecule has 1 aromatic carbocycles. The highest BCUT2D eigenvalue weighted by molar-refractivity contribution is 7.11. The summed E-state index contributed by atoms with van der Waals surface area (Å²) in [5.41, 5.74) is 3.77. The molecule has 1 aromatic heterocycles. The molecule has 0 aliphatic heterocycles. The Morgan fingerprint density at radius 2 is 2.00 bits per heavy atom. The van der Waals surface area contributed by atoms with E-state index in [1.54, 1.807) is 31.5 Å². The Bertz CT molecular complexity index is 527. The van der Waals surface area contributed by atoms with Gasteiger partial charge in [0.25, 0.3) is 5.91 Å². The second-order valence-corrected chi connectivity index (χ2v) is 4.66. The van der Waals surface area contributed by atoms with Gasteiger partial charge in [0.15, 0.2) is 0 Å². The van der Waals surface area contributed by atoms with E-state index in [4.69, 9.17) is 0 Å². The quantitative estimate of drug-likeness (QED) is 0.803. The highest BCUT2D eigenvalue weighted by atomic mass is 32.1. The molecule has 0 aliphatic carbocycles. The molecule has 88 valence electrons. The number of aromatic hydroxyl groups is 1. The van der Waals surface area contributed by atoms with E-state index in [1.165, 1.54) is 17.5 Å². The molecule has 0 radical (unpaired) electrons. The van der Waals surface area contributed by atoms with Crippen LogP contribution < -0.4 is 5.32 Å². The number of carbonyl (C=O) groups excluding carboxylic acids is 1. The topological polar surface area (TPSA) is 62.2 Å². The molecule has 0 atom stereocenters. The highest BCUT2D eigenvalue weighted by Gasteiger charge is 2.09. The molecule has 2 aromatic rings. The number of aryl methyl sites for hydroxylation is 2. The summed E-state index contributed by atoms with van der Waals surface area (Å²) in [5, 5.41) is 12.4. The molecule has 1 heterocycles. The van der Waals surface area contributed by atoms with Crippen LogP contribution in [0.2, 0.25) is 0 Å². The van der Waals surface area contributed by atoms with Gasteiger partial charge in [-0.15, -0.1) is 11.3 Å². The number of anilines is 1. The van der Waals surface area contributed by atoms with Crippen LogP contribution in [-0.2, 0) is 0 Å². The predicted molar refractivity (Wildman–Crippen MR) is 67.6 cm³/mol. The molecule has 17 heavy (non-hydrogen) atoms. The van der Waals surface area contributed by atoms with E-state index in [1.807, 2.05) is 0 Å². The molecular formula is C12H12N2O2S. The standard InChI is InChI=1S/C12H12N2O2S/c1-7-3-9(4-8(2)11(7)15)14-12(16)10-5-13-6-17-10/h3-6,15H,1-2H3,(H,14,16). The van der Waals surface area contributed by atoms with Crippen molar-refractivity contribution in [3.05, 3.63) is 39.8 Å². The third-order valence-electron chi connectivity index (χ3n) is 2.41. The number of phenolic OH excluding ortho intramolecular Hbond substituents is 1. The monoisotopic (exact) mass is 248 g/mol. The van der Waals surface area contributed by atoms with Crippen LogP contribution in [0.3, 0.4) is 0 Å². The van der Waals surface area contributed by atoms with Crippen molar-refractivity contribution in [2.45, 2.75) is 13.8 Å². The number of hydrogen-bond acceptors (Lipinski definition) is 4. The number of amides is 1. The van der Waals surface area contributed by atoms with Crippen LogP contribution in [-0.4, -0.2) is 16.0 Å². The van der Waals surface area contributed by atoms with E-state index in [9.17, 15) is 9.90 Å². The third-order valence-corrected chi connectivity index (χ3v) is 3.18. The maximum Gasteiger partial charge on any atom is 0.267 e. The van der Waals surface area contributed by atoms with E-state index >= 15 is 0 Å². The lowest BCUT2D eigenvalue weighted by atomic mass is 10.1. The average Bonchev–Trinajstić information content (AvgIpc) is 2.79. The maximum absolute atomic E-state index is 11.8. The minimum Gasteiger partial charge on any atom is -0.507 e. The van der Waals surface area contributed by atoms with Gasteiger partial charge in [-0.1, -0.05) is 0 Å². The second kappa shape index (κ2) is 4.55. The van der Waals surface area contributed by atoms with Gasteiger partial charge in [0.2, 0.25) is 0 Å². The van der Waals surface area contributed by atoms with E-state index < -0.39 is 0 Å². The number of carbonyl (C=O) groups is 1. The summed E-state index contributed by atoms with van der Waals surface area (Å²) in [4.78, 5) is 16.2. The fourth-order valence-electron chi connectivity index (χ4n) is 1.55. The molecule has 0 unspecified atom stereocenters. The average molecular weight is 248 g/mol. The first-order chi connectivity index (χ1) is 8.08. The summed E-state index contributed by atoms with van der Waals surface area (Å²) in [6.45, 7) is 3.59. The number of hydrogen-bond donors (Lipinski definition) is 2. The summed E-state index contributed by atoms with van der Waals surface area (Å²) in [7, 11) is 0. The van der Waals surface area contributed by atoms with Crippen molar-refractivity contribution in [2.24, 2.45) is 0 Å². The van der Waals surface area contributed by atoms with E-state index in [0.717, 1.165) is 11.1 Å². The van der Waals surface area contributed by atoms with Crippen molar-refractivity contribution in [3.63, 3.8) is 0 Å². The van der Waals surface area contributed by atoms with Gasteiger partial charge in [0.05, 0.1) is 11.7 Å². The summed E-state index contributed by atoms with van der Waals surface area (Å²) in [6, 6.07) is 3.47. The van der Waals surface area contributed by atoms with Crippen LogP contribution in [0, 0.1) is 13.8 Å². The van der Waals surface area contributed by atoms with Crippen molar-refractivity contribution >= 4 is 22.9 Å². The summed E-state index contributed by atoms with van der Waals surface area (Å²) in [6.07, 6.45) is 1.53. The Hall–Kier alpha value is -1.88. The summed E-state index contributed by atoms with van der Waals surface area (Å²) in [5.74, 6) is 0.0813. The second-order valence-electron chi connectivity index (χ2n) is 3.78. The first-order valence-corrected chi connectivity index (χ1v) is 5.96. The van der Waals surface area contributed by atoms with Crippen molar-refractivity contribution in [1.29, 1.82) is 0 Å². The molecule has 0 spiro atoms. The zero-order valence-electron chi connectivity index (χ0n) is 9.52. The first-order valence-electron chi connectivity index (χ1n) is 5.08. The lowest BCUT2D eigenvalue weighted by Gasteiger charge is -2.08. The lowest BCUT2D eigenvalue weighted by Crippen LogP contribution is -2.10. The number of nitrogens with one attached hydrogen (secondary N) is 1. The highest BCUT2D eigenvalue weighted by Crippen LogP contribution is 2.25. The molecule has 0 bridgehead atoms. The summed E-state index contributed by atoms with van der Waals surface area (Å²) >= 11 is 1.29. The largest absolute Gasteiger partial charge is 0.507 e. The van der Waals surface area contributed by atoms with Gasteiger partial charge in [0.1, 0.15) is 10.6 Å². The normalized spacial score (nSPS) is 10.2. The van der Waals surface area contributed by atoms with Crippen LogP contribution in [0.5, 0.6) is 5.75 Å². The molecule has 2 rings (SSSR count). The molecule has 0 fully saturated rings. The third kappa shape index (κ3) is 2.45. The number of rotatable bonds is 2.